The summed E-state index contributed by atoms with van der Waals surface area (Å²) in [5.74, 6) is 0.215. The van der Waals surface area contributed by atoms with Crippen molar-refractivity contribution in [1.82, 2.24) is 0 Å². The lowest BCUT2D eigenvalue weighted by Gasteiger charge is -2.16. The van der Waals surface area contributed by atoms with E-state index < -0.39 is 0 Å². The van der Waals surface area contributed by atoms with Gasteiger partial charge in [0.25, 0.3) is 0 Å². The Bertz CT molecular complexity index is 663. The minimum absolute atomic E-state index is 0.0939. The molecule has 1 aromatic heterocycles. The summed E-state index contributed by atoms with van der Waals surface area (Å²) < 4.78 is 13.7. The predicted molar refractivity (Wildman–Crippen MR) is 161 cm³/mol. The minimum Gasteiger partial charge on any atom is -0.465 e. The van der Waals surface area contributed by atoms with E-state index >= 15 is 0 Å². The van der Waals surface area contributed by atoms with Crippen LogP contribution in [0.3, 0.4) is 0 Å². The van der Waals surface area contributed by atoms with Crippen LogP contribution in [0.4, 0.5) is 5.69 Å². The largest absolute Gasteiger partial charge is 0.465 e. The van der Waals surface area contributed by atoms with Gasteiger partial charge in [0.15, 0.2) is 12.4 Å². The highest BCUT2D eigenvalue weighted by Crippen LogP contribution is 2.14. The molecule has 0 aliphatic carbocycles. The maximum atomic E-state index is 12.2. The van der Waals surface area contributed by atoms with Crippen LogP contribution in [-0.4, -0.2) is 39.9 Å². The van der Waals surface area contributed by atoms with Gasteiger partial charge in [-0.1, -0.05) is 104 Å². The fourth-order valence-corrected chi connectivity index (χ4v) is 4.86. The third-order valence-electron chi connectivity index (χ3n) is 7.36. The molecule has 0 saturated carbocycles. The van der Waals surface area contributed by atoms with Gasteiger partial charge in [0.05, 0.1) is 19.6 Å². The number of aromatic nitrogens is 1. The van der Waals surface area contributed by atoms with Crippen LogP contribution in [0.25, 0.3) is 0 Å². The SMILES string of the molecule is CCCCCCCCCCCCCCCCOCC(CCC)COC(=O)CCC[n+]1ccc(N(C)C)cc1. The van der Waals surface area contributed by atoms with Gasteiger partial charge in [-0.25, -0.2) is 4.57 Å². The first-order valence-corrected chi connectivity index (χ1v) is 16.0. The van der Waals surface area contributed by atoms with Crippen molar-refractivity contribution in [3.05, 3.63) is 24.5 Å². The smallest absolute Gasteiger partial charge is 0.306 e. The number of rotatable bonds is 26. The second-order valence-corrected chi connectivity index (χ2v) is 11.3. The van der Waals surface area contributed by atoms with Crippen LogP contribution in [-0.2, 0) is 20.8 Å². The van der Waals surface area contributed by atoms with Crippen LogP contribution in [0.1, 0.15) is 129 Å². The van der Waals surface area contributed by atoms with E-state index in [0.29, 0.717) is 25.6 Å². The van der Waals surface area contributed by atoms with Gasteiger partial charge in [-0.15, -0.1) is 0 Å². The third-order valence-corrected chi connectivity index (χ3v) is 7.36. The average Bonchev–Trinajstić information content (AvgIpc) is 2.91. The average molecular weight is 534 g/mol. The zero-order valence-corrected chi connectivity index (χ0v) is 25.6. The molecule has 38 heavy (non-hydrogen) atoms. The van der Waals surface area contributed by atoms with E-state index in [1.54, 1.807) is 0 Å². The summed E-state index contributed by atoms with van der Waals surface area (Å²) in [4.78, 5) is 14.3. The van der Waals surface area contributed by atoms with E-state index in [2.05, 4.69) is 47.8 Å². The van der Waals surface area contributed by atoms with Crippen LogP contribution in [0.5, 0.6) is 0 Å². The molecule has 1 unspecified atom stereocenters. The molecule has 0 aliphatic rings. The molecule has 220 valence electrons. The molecule has 5 heteroatoms. The van der Waals surface area contributed by atoms with Crippen molar-refractivity contribution in [3.63, 3.8) is 0 Å². The number of aryl methyl sites for hydroxylation is 1. The maximum absolute atomic E-state index is 12.2. The molecule has 1 aromatic rings. The number of anilines is 1. The van der Waals surface area contributed by atoms with Crippen molar-refractivity contribution in [2.75, 3.05) is 38.8 Å². The first kappa shape index (κ1) is 34.4. The highest BCUT2D eigenvalue weighted by Gasteiger charge is 2.13. The lowest BCUT2D eigenvalue weighted by molar-refractivity contribution is -0.697. The summed E-state index contributed by atoms with van der Waals surface area (Å²) in [7, 11) is 4.07. The summed E-state index contributed by atoms with van der Waals surface area (Å²) in [5.41, 5.74) is 1.18. The number of nitrogens with zero attached hydrogens (tertiary/aromatic N) is 2. The van der Waals surface area contributed by atoms with Crippen LogP contribution in [0, 0.1) is 5.92 Å². The highest BCUT2D eigenvalue weighted by atomic mass is 16.5. The summed E-state index contributed by atoms with van der Waals surface area (Å²) in [5, 5.41) is 0. The molecule has 1 atom stereocenters. The molecule has 0 spiro atoms. The fourth-order valence-electron chi connectivity index (χ4n) is 4.86. The van der Waals surface area contributed by atoms with Crippen LogP contribution in [0.15, 0.2) is 24.5 Å². The summed E-state index contributed by atoms with van der Waals surface area (Å²) in [6.07, 6.45) is 26.8. The zero-order chi connectivity index (χ0) is 27.7. The van der Waals surface area contributed by atoms with Crippen molar-refractivity contribution >= 4 is 11.7 Å². The monoisotopic (exact) mass is 533 g/mol. The Morgan fingerprint density at radius 2 is 1.32 bits per heavy atom. The Kier molecular flexibility index (Phi) is 22.1. The highest BCUT2D eigenvalue weighted by molar-refractivity contribution is 5.69. The van der Waals surface area contributed by atoms with Crippen molar-refractivity contribution in [3.8, 4) is 0 Å². The number of unbranched alkanes of at least 4 members (excludes halogenated alkanes) is 13. The number of pyridine rings is 1. The Morgan fingerprint density at radius 3 is 1.84 bits per heavy atom. The Morgan fingerprint density at radius 1 is 0.763 bits per heavy atom. The lowest BCUT2D eigenvalue weighted by atomic mass is 10.0. The van der Waals surface area contributed by atoms with Crippen LogP contribution < -0.4 is 9.47 Å². The molecule has 0 aromatic carbocycles. The van der Waals surface area contributed by atoms with Crippen molar-refractivity contribution in [2.24, 2.45) is 5.92 Å². The number of carbonyl (C=O) groups excluding carboxylic acids is 1. The second-order valence-electron chi connectivity index (χ2n) is 11.3. The van der Waals surface area contributed by atoms with E-state index in [1.165, 1.54) is 89.2 Å². The Balaban J connectivity index is 1.98. The van der Waals surface area contributed by atoms with Crippen molar-refractivity contribution < 1.29 is 18.8 Å². The van der Waals surface area contributed by atoms with Gasteiger partial charge in [0.2, 0.25) is 0 Å². The van der Waals surface area contributed by atoms with Gasteiger partial charge in [-0.3, -0.25) is 4.79 Å². The van der Waals surface area contributed by atoms with E-state index in [4.69, 9.17) is 9.47 Å². The summed E-state index contributed by atoms with van der Waals surface area (Å²) in [6, 6.07) is 4.18. The topological polar surface area (TPSA) is 42.7 Å². The van der Waals surface area contributed by atoms with Crippen LogP contribution >= 0.6 is 0 Å². The Labute approximate surface area is 235 Å². The predicted octanol–water partition coefficient (Wildman–Crippen LogP) is 8.28. The van der Waals surface area contributed by atoms with Crippen molar-refractivity contribution in [2.45, 2.75) is 136 Å². The summed E-state index contributed by atoms with van der Waals surface area (Å²) >= 11 is 0. The molecular weight excluding hydrogens is 472 g/mol. The molecule has 1 rings (SSSR count). The number of ether oxygens (including phenoxy) is 2. The normalized spacial score (nSPS) is 12.0. The maximum Gasteiger partial charge on any atom is 0.306 e. The molecule has 0 fully saturated rings. The van der Waals surface area contributed by atoms with Crippen molar-refractivity contribution in [1.29, 1.82) is 0 Å². The quantitative estimate of drug-likeness (QED) is 0.0682. The minimum atomic E-state index is -0.0939. The molecule has 0 bridgehead atoms. The van der Waals surface area contributed by atoms with Gasteiger partial charge in [0.1, 0.15) is 6.54 Å². The fraction of sp³-hybridized carbons (Fsp3) is 0.818. The standard InChI is InChI=1S/C33H61N2O3/c1-5-7-8-9-10-11-12-13-14-15-16-17-18-19-28-37-29-31(21-6-2)30-38-33(36)22-20-25-35-26-23-32(24-27-35)34(3)4/h23-24,26-27,31H,5-22,25,28-30H2,1-4H3/q+1. The molecule has 1 heterocycles. The molecule has 0 saturated heterocycles. The first-order chi connectivity index (χ1) is 18.6. The van der Waals surface area contributed by atoms with Gasteiger partial charge >= 0.3 is 5.97 Å². The van der Waals surface area contributed by atoms with Crippen LogP contribution in [0.2, 0.25) is 0 Å². The lowest BCUT2D eigenvalue weighted by Crippen LogP contribution is -2.33. The molecular formula is C33H61N2O3+. The number of hydrogen-bond acceptors (Lipinski definition) is 4. The molecule has 0 amide bonds. The molecule has 0 radical (unpaired) electrons. The van der Waals surface area contributed by atoms with E-state index in [-0.39, 0.29) is 5.97 Å². The number of hydrogen-bond donors (Lipinski definition) is 0. The van der Waals surface area contributed by atoms with E-state index in [0.717, 1.165) is 38.8 Å². The first-order valence-electron chi connectivity index (χ1n) is 16.0. The number of carbonyl (C=O) groups is 1. The van der Waals surface area contributed by atoms with Gasteiger partial charge < -0.3 is 14.4 Å². The molecule has 0 N–H and O–H groups in total. The molecule has 0 aliphatic heterocycles. The second kappa shape index (κ2) is 24.4. The van der Waals surface area contributed by atoms with Gasteiger partial charge in [0, 0.05) is 50.9 Å². The summed E-state index contributed by atoms with van der Waals surface area (Å²) in [6.45, 7) is 7.30. The number of esters is 1. The molecule has 5 nitrogen and oxygen atoms in total. The van der Waals surface area contributed by atoms with E-state index in [9.17, 15) is 4.79 Å². The third kappa shape index (κ3) is 19.4. The van der Waals surface area contributed by atoms with Gasteiger partial charge in [-0.2, -0.15) is 0 Å². The Hall–Kier alpha value is -1.62. The zero-order valence-electron chi connectivity index (χ0n) is 25.6. The van der Waals surface area contributed by atoms with Gasteiger partial charge in [-0.05, 0) is 12.8 Å². The van der Waals surface area contributed by atoms with E-state index in [1.807, 2.05) is 14.1 Å².